The first-order valence-electron chi connectivity index (χ1n) is 7.37. The molecule has 1 aromatic rings. The quantitative estimate of drug-likeness (QED) is 0.905. The van der Waals surface area contributed by atoms with Crippen LogP contribution in [0.1, 0.15) is 38.7 Å². The summed E-state index contributed by atoms with van der Waals surface area (Å²) in [4.78, 5) is 2.58. The van der Waals surface area contributed by atoms with Gasteiger partial charge in [-0.05, 0) is 57.8 Å². The zero-order valence-corrected chi connectivity index (χ0v) is 12.8. The minimum atomic E-state index is 0.625. The van der Waals surface area contributed by atoms with Gasteiger partial charge in [-0.2, -0.15) is 0 Å². The van der Waals surface area contributed by atoms with Gasteiger partial charge in [0.05, 0.1) is 0 Å². The lowest BCUT2D eigenvalue weighted by Gasteiger charge is -2.24. The van der Waals surface area contributed by atoms with E-state index in [2.05, 4.69) is 36.2 Å². The molecule has 1 atom stereocenters. The maximum absolute atomic E-state index is 6.19. The van der Waals surface area contributed by atoms with Crippen LogP contribution in [0.3, 0.4) is 0 Å². The zero-order chi connectivity index (χ0) is 13.7. The molecule has 1 saturated heterocycles. The largest absolute Gasteiger partial charge is 0.310 e. The Morgan fingerprint density at radius 2 is 2.05 bits per heavy atom. The summed E-state index contributed by atoms with van der Waals surface area (Å²) in [7, 11) is 0. The first-order valence-corrected chi connectivity index (χ1v) is 7.75. The fourth-order valence-electron chi connectivity index (χ4n) is 2.74. The van der Waals surface area contributed by atoms with Crippen molar-refractivity contribution in [1.82, 2.24) is 10.2 Å². The molecule has 3 heteroatoms. The average Bonchev–Trinajstić information content (AvgIpc) is 2.63. The number of likely N-dealkylation sites (tertiary alicyclic amines) is 1. The highest BCUT2D eigenvalue weighted by molar-refractivity contribution is 6.31. The number of halogens is 1. The van der Waals surface area contributed by atoms with E-state index in [-0.39, 0.29) is 0 Å². The first-order chi connectivity index (χ1) is 9.16. The van der Waals surface area contributed by atoms with Crippen LogP contribution < -0.4 is 5.32 Å². The molecule has 2 rings (SSSR count). The summed E-state index contributed by atoms with van der Waals surface area (Å²) in [6.45, 7) is 7.90. The van der Waals surface area contributed by atoms with Crippen molar-refractivity contribution in [2.24, 2.45) is 0 Å². The van der Waals surface area contributed by atoms with Crippen LogP contribution in [-0.2, 0) is 6.54 Å². The van der Waals surface area contributed by atoms with Gasteiger partial charge in [-0.25, -0.2) is 0 Å². The molecule has 1 aliphatic heterocycles. The number of nitrogens with one attached hydrogen (secondary N) is 1. The molecule has 0 bridgehead atoms. The predicted octanol–water partition coefficient (Wildman–Crippen LogP) is 3.69. The molecule has 1 heterocycles. The molecule has 106 valence electrons. The smallest absolute Gasteiger partial charge is 0.0450 e. The van der Waals surface area contributed by atoms with Crippen LogP contribution in [0.25, 0.3) is 0 Å². The normalized spacial score (nSPS) is 21.6. The van der Waals surface area contributed by atoms with Gasteiger partial charge in [0.15, 0.2) is 0 Å². The average molecular weight is 281 g/mol. The summed E-state index contributed by atoms with van der Waals surface area (Å²) in [5.74, 6) is 0. The molecule has 0 aliphatic carbocycles. The van der Waals surface area contributed by atoms with E-state index in [4.69, 9.17) is 11.6 Å². The Hall–Kier alpha value is -0.570. The Morgan fingerprint density at radius 1 is 1.26 bits per heavy atom. The number of rotatable bonds is 4. The first kappa shape index (κ1) is 14.8. The molecule has 1 aliphatic rings. The second-order valence-electron chi connectivity index (χ2n) is 5.73. The van der Waals surface area contributed by atoms with Gasteiger partial charge in [-0.3, -0.25) is 0 Å². The Kier molecular flexibility index (Phi) is 5.68. The van der Waals surface area contributed by atoms with Gasteiger partial charge in [-0.1, -0.05) is 29.8 Å². The highest BCUT2D eigenvalue weighted by atomic mass is 35.5. The van der Waals surface area contributed by atoms with E-state index in [1.54, 1.807) is 0 Å². The van der Waals surface area contributed by atoms with E-state index in [1.807, 2.05) is 12.1 Å². The maximum atomic E-state index is 6.19. The molecule has 0 aromatic heterocycles. The Labute approximate surface area is 122 Å². The van der Waals surface area contributed by atoms with Crippen LogP contribution in [0.2, 0.25) is 5.02 Å². The van der Waals surface area contributed by atoms with Gasteiger partial charge < -0.3 is 10.2 Å². The molecule has 0 spiro atoms. The molecule has 0 amide bonds. The van der Waals surface area contributed by atoms with Crippen molar-refractivity contribution in [3.63, 3.8) is 0 Å². The van der Waals surface area contributed by atoms with Crippen molar-refractivity contribution in [2.45, 2.75) is 51.7 Å². The predicted molar refractivity (Wildman–Crippen MR) is 82.6 cm³/mol. The zero-order valence-electron chi connectivity index (χ0n) is 12.0. The SMILES string of the molecule is CC(C)N1CCCC(NCc2ccccc2Cl)CC1. The lowest BCUT2D eigenvalue weighted by atomic mass is 10.1. The molecular formula is C16H25ClN2. The van der Waals surface area contributed by atoms with Crippen LogP contribution in [0, 0.1) is 0 Å². The van der Waals surface area contributed by atoms with Crippen LogP contribution in [-0.4, -0.2) is 30.1 Å². The van der Waals surface area contributed by atoms with Crippen molar-refractivity contribution in [3.05, 3.63) is 34.9 Å². The molecule has 2 nitrogen and oxygen atoms in total. The Bertz CT molecular complexity index is 392. The molecule has 1 unspecified atom stereocenters. The maximum Gasteiger partial charge on any atom is 0.0450 e. The fourth-order valence-corrected chi connectivity index (χ4v) is 2.94. The van der Waals surface area contributed by atoms with E-state index < -0.39 is 0 Å². The third-order valence-electron chi connectivity index (χ3n) is 4.03. The number of hydrogen-bond donors (Lipinski definition) is 1. The molecule has 1 fully saturated rings. The minimum Gasteiger partial charge on any atom is -0.310 e. The summed E-state index contributed by atoms with van der Waals surface area (Å²) in [6.07, 6.45) is 3.80. The van der Waals surface area contributed by atoms with Gasteiger partial charge in [-0.15, -0.1) is 0 Å². The molecular weight excluding hydrogens is 256 g/mol. The molecule has 0 saturated carbocycles. The molecule has 1 aromatic carbocycles. The monoisotopic (exact) mass is 280 g/mol. The summed E-state index contributed by atoms with van der Waals surface area (Å²) < 4.78 is 0. The topological polar surface area (TPSA) is 15.3 Å². The number of nitrogens with zero attached hydrogens (tertiary/aromatic N) is 1. The second kappa shape index (κ2) is 7.28. The van der Waals surface area contributed by atoms with Crippen molar-refractivity contribution >= 4 is 11.6 Å². The summed E-state index contributed by atoms with van der Waals surface area (Å²) >= 11 is 6.19. The van der Waals surface area contributed by atoms with E-state index in [0.29, 0.717) is 12.1 Å². The van der Waals surface area contributed by atoms with E-state index >= 15 is 0 Å². The van der Waals surface area contributed by atoms with Gasteiger partial charge in [0.2, 0.25) is 0 Å². The van der Waals surface area contributed by atoms with Crippen LogP contribution in [0.4, 0.5) is 0 Å². The number of hydrogen-bond acceptors (Lipinski definition) is 2. The Balaban J connectivity index is 1.82. The Morgan fingerprint density at radius 3 is 2.79 bits per heavy atom. The minimum absolute atomic E-state index is 0.625. The van der Waals surface area contributed by atoms with Crippen molar-refractivity contribution in [2.75, 3.05) is 13.1 Å². The van der Waals surface area contributed by atoms with Crippen molar-refractivity contribution < 1.29 is 0 Å². The van der Waals surface area contributed by atoms with E-state index in [1.165, 1.54) is 37.9 Å². The summed E-state index contributed by atoms with van der Waals surface area (Å²) in [6, 6.07) is 9.40. The summed E-state index contributed by atoms with van der Waals surface area (Å²) in [5.41, 5.74) is 1.20. The summed E-state index contributed by atoms with van der Waals surface area (Å²) in [5, 5.41) is 4.54. The van der Waals surface area contributed by atoms with Gasteiger partial charge in [0.25, 0.3) is 0 Å². The van der Waals surface area contributed by atoms with E-state index in [0.717, 1.165) is 11.6 Å². The van der Waals surface area contributed by atoms with Gasteiger partial charge in [0, 0.05) is 23.7 Å². The third-order valence-corrected chi connectivity index (χ3v) is 4.40. The second-order valence-corrected chi connectivity index (χ2v) is 6.14. The van der Waals surface area contributed by atoms with E-state index in [9.17, 15) is 0 Å². The van der Waals surface area contributed by atoms with Crippen LogP contribution >= 0.6 is 11.6 Å². The fraction of sp³-hybridized carbons (Fsp3) is 0.625. The lowest BCUT2D eigenvalue weighted by molar-refractivity contribution is 0.229. The lowest BCUT2D eigenvalue weighted by Crippen LogP contribution is -2.33. The highest BCUT2D eigenvalue weighted by Crippen LogP contribution is 2.17. The van der Waals surface area contributed by atoms with Crippen molar-refractivity contribution in [1.29, 1.82) is 0 Å². The van der Waals surface area contributed by atoms with Gasteiger partial charge in [0.1, 0.15) is 0 Å². The third kappa shape index (κ3) is 4.48. The van der Waals surface area contributed by atoms with Crippen molar-refractivity contribution in [3.8, 4) is 0 Å². The number of benzene rings is 1. The molecule has 1 N–H and O–H groups in total. The van der Waals surface area contributed by atoms with Crippen LogP contribution in [0.5, 0.6) is 0 Å². The van der Waals surface area contributed by atoms with Gasteiger partial charge >= 0.3 is 0 Å². The molecule has 0 radical (unpaired) electrons. The highest BCUT2D eigenvalue weighted by Gasteiger charge is 2.18. The standard InChI is InChI=1S/C16H25ClN2/c1-13(2)19-10-5-7-15(9-11-19)18-12-14-6-3-4-8-16(14)17/h3-4,6,8,13,15,18H,5,7,9-12H2,1-2H3. The molecule has 19 heavy (non-hydrogen) atoms. The van der Waals surface area contributed by atoms with Crippen LogP contribution in [0.15, 0.2) is 24.3 Å².